The van der Waals surface area contributed by atoms with Crippen molar-refractivity contribution in [3.8, 4) is 5.75 Å². The van der Waals surface area contributed by atoms with E-state index >= 15 is 0 Å². The van der Waals surface area contributed by atoms with Gasteiger partial charge in [0.2, 0.25) is 0 Å². The minimum absolute atomic E-state index is 0.138. The van der Waals surface area contributed by atoms with Gasteiger partial charge in [-0.25, -0.2) is 8.78 Å². The van der Waals surface area contributed by atoms with Gasteiger partial charge in [0.15, 0.2) is 11.6 Å². The molecule has 1 N–H and O–H groups in total. The summed E-state index contributed by atoms with van der Waals surface area (Å²) >= 11 is 1.19. The van der Waals surface area contributed by atoms with Crippen molar-refractivity contribution in [2.45, 2.75) is 0 Å². The summed E-state index contributed by atoms with van der Waals surface area (Å²) in [5.41, 5.74) is 0.423. The Morgan fingerprint density at radius 1 is 1.26 bits per heavy atom. The Bertz CT molecular complexity index is 425. The van der Waals surface area contributed by atoms with E-state index in [1.807, 2.05) is 11.2 Å². The van der Waals surface area contributed by atoms with Crippen LogP contribution in [0, 0.1) is 11.6 Å². The van der Waals surface area contributed by atoms with E-state index in [-0.39, 0.29) is 5.75 Å². The summed E-state index contributed by atoms with van der Waals surface area (Å²) in [6.07, 6.45) is 2.01. The largest absolute Gasteiger partial charge is 0.486 e. The number of anilines is 1. The van der Waals surface area contributed by atoms with E-state index in [1.165, 1.54) is 17.8 Å². The zero-order chi connectivity index (χ0) is 13.7. The molecule has 3 nitrogen and oxygen atoms in total. The number of hydrogen-bond acceptors (Lipinski definition) is 3. The number of hydrogen-bond donors (Lipinski definition) is 1. The lowest BCUT2D eigenvalue weighted by atomic mass is 10.2. The first-order valence-electron chi connectivity index (χ1n) is 6.35. The van der Waals surface area contributed by atoms with Crippen LogP contribution in [-0.4, -0.2) is 44.8 Å². The molecule has 19 heavy (non-hydrogen) atoms. The molecule has 0 saturated carbocycles. The lowest BCUT2D eigenvalue weighted by molar-refractivity contribution is 0.323. The molecular weight excluding hydrogens is 270 g/mol. The monoisotopic (exact) mass is 289 g/mol. The summed E-state index contributed by atoms with van der Waals surface area (Å²) in [5, 5.41) is 3.20. The van der Waals surface area contributed by atoms with E-state index in [4.69, 9.17) is 4.74 Å². The molecule has 1 aliphatic rings. The van der Waals surface area contributed by atoms with Crippen molar-refractivity contribution in [3.63, 3.8) is 0 Å². The predicted octanol–water partition coefficient (Wildman–Crippen LogP) is 1.20. The Kier molecular flexibility index (Phi) is 5.27. The van der Waals surface area contributed by atoms with Crippen LogP contribution in [0.1, 0.15) is 0 Å². The van der Waals surface area contributed by atoms with Gasteiger partial charge in [-0.2, -0.15) is 0 Å². The molecular formula is C13H19F2N2OS+. The van der Waals surface area contributed by atoms with Crippen LogP contribution in [0.4, 0.5) is 14.5 Å². The van der Waals surface area contributed by atoms with Crippen molar-refractivity contribution >= 4 is 17.4 Å². The first-order valence-corrected chi connectivity index (χ1v) is 7.88. The lowest BCUT2D eigenvalue weighted by Gasteiger charge is -2.30. The van der Waals surface area contributed by atoms with Gasteiger partial charge in [-0.1, -0.05) is 0 Å². The second-order valence-electron chi connectivity index (χ2n) is 4.36. The number of piperazine rings is 1. The maximum Gasteiger partial charge on any atom is 0.168 e. The van der Waals surface area contributed by atoms with Crippen molar-refractivity contribution in [1.29, 1.82) is 0 Å². The molecule has 1 aromatic rings. The molecule has 1 aliphatic heterocycles. The van der Waals surface area contributed by atoms with Gasteiger partial charge in [0.1, 0.15) is 18.2 Å². The highest BCUT2D eigenvalue weighted by atomic mass is 32.2. The lowest BCUT2D eigenvalue weighted by Crippen LogP contribution is -2.43. The Morgan fingerprint density at radius 3 is 2.68 bits per heavy atom. The SMILES string of the molecule is C[SH+]CCOc1cc(N2CCNCC2)c(F)cc1F. The van der Waals surface area contributed by atoms with Crippen molar-refractivity contribution in [1.82, 2.24) is 5.32 Å². The van der Waals surface area contributed by atoms with E-state index in [0.717, 1.165) is 38.0 Å². The van der Waals surface area contributed by atoms with Gasteiger partial charge in [0.05, 0.1) is 11.9 Å². The average molecular weight is 289 g/mol. The van der Waals surface area contributed by atoms with E-state index in [1.54, 1.807) is 0 Å². The smallest absolute Gasteiger partial charge is 0.168 e. The summed E-state index contributed by atoms with van der Waals surface area (Å²) in [6, 6.07) is 2.39. The number of ether oxygens (including phenoxy) is 1. The van der Waals surface area contributed by atoms with Crippen LogP contribution in [0.3, 0.4) is 0 Å². The third kappa shape index (κ3) is 3.73. The average Bonchev–Trinajstić information content (AvgIpc) is 2.42. The summed E-state index contributed by atoms with van der Waals surface area (Å²) in [4.78, 5) is 1.91. The standard InChI is InChI=1S/C13H18F2N2OS/c1-19-7-6-18-13-9-12(10(14)8-11(13)15)17-4-2-16-3-5-17/h8-9,16H,2-7H2,1H3/p+1. The van der Waals surface area contributed by atoms with Gasteiger partial charge in [-0.3, -0.25) is 0 Å². The molecule has 0 unspecified atom stereocenters. The molecule has 1 fully saturated rings. The minimum atomic E-state index is -0.635. The van der Waals surface area contributed by atoms with Crippen molar-refractivity contribution < 1.29 is 13.5 Å². The van der Waals surface area contributed by atoms with Crippen molar-refractivity contribution in [2.24, 2.45) is 0 Å². The predicted molar refractivity (Wildman–Crippen MR) is 76.5 cm³/mol. The maximum atomic E-state index is 13.8. The quantitative estimate of drug-likeness (QED) is 0.501. The molecule has 6 heteroatoms. The fourth-order valence-corrected chi connectivity index (χ4v) is 2.30. The summed E-state index contributed by atoms with van der Waals surface area (Å²) in [5.74, 6) is -0.192. The molecule has 0 amide bonds. The third-order valence-electron chi connectivity index (χ3n) is 3.03. The highest BCUT2D eigenvalue weighted by Gasteiger charge is 2.18. The zero-order valence-corrected chi connectivity index (χ0v) is 11.9. The Hall–Kier alpha value is -1.01. The number of nitrogens with one attached hydrogen (secondary N) is 1. The molecule has 1 saturated heterocycles. The van der Waals surface area contributed by atoms with Gasteiger partial charge in [-0.05, 0) is 11.8 Å². The van der Waals surface area contributed by atoms with E-state index in [2.05, 4.69) is 5.32 Å². The molecule has 0 aromatic heterocycles. The molecule has 0 atom stereocenters. The van der Waals surface area contributed by atoms with Crippen LogP contribution in [0.5, 0.6) is 5.75 Å². The first kappa shape index (κ1) is 14.4. The van der Waals surface area contributed by atoms with Gasteiger partial charge < -0.3 is 15.0 Å². The minimum Gasteiger partial charge on any atom is -0.486 e. The van der Waals surface area contributed by atoms with Crippen LogP contribution in [-0.2, 0) is 11.8 Å². The topological polar surface area (TPSA) is 24.5 Å². The second kappa shape index (κ2) is 6.96. The molecule has 0 radical (unpaired) electrons. The molecule has 0 spiro atoms. The number of benzene rings is 1. The summed E-state index contributed by atoms with van der Waals surface area (Å²) < 4.78 is 32.8. The van der Waals surface area contributed by atoms with Crippen LogP contribution in [0.2, 0.25) is 0 Å². The number of halogens is 2. The van der Waals surface area contributed by atoms with E-state index in [0.29, 0.717) is 12.3 Å². The highest BCUT2D eigenvalue weighted by Crippen LogP contribution is 2.28. The van der Waals surface area contributed by atoms with Crippen LogP contribution in [0.15, 0.2) is 12.1 Å². The van der Waals surface area contributed by atoms with Gasteiger partial charge in [0.25, 0.3) is 0 Å². The van der Waals surface area contributed by atoms with Crippen LogP contribution in [0.25, 0.3) is 0 Å². The Balaban J connectivity index is 2.15. The van der Waals surface area contributed by atoms with Gasteiger partial charge in [-0.15, -0.1) is 0 Å². The van der Waals surface area contributed by atoms with Crippen LogP contribution < -0.4 is 15.0 Å². The molecule has 1 aromatic carbocycles. The highest BCUT2D eigenvalue weighted by molar-refractivity contribution is 7.77. The number of rotatable bonds is 5. The Labute approximate surface area is 116 Å². The summed E-state index contributed by atoms with van der Waals surface area (Å²) in [6.45, 7) is 3.50. The number of thiol groups is 1. The van der Waals surface area contributed by atoms with Crippen LogP contribution >= 0.6 is 0 Å². The molecule has 2 rings (SSSR count). The van der Waals surface area contributed by atoms with Crippen molar-refractivity contribution in [2.75, 3.05) is 49.7 Å². The first-order chi connectivity index (χ1) is 9.22. The maximum absolute atomic E-state index is 13.8. The molecule has 106 valence electrons. The zero-order valence-electron chi connectivity index (χ0n) is 11.0. The van der Waals surface area contributed by atoms with E-state index in [9.17, 15) is 8.78 Å². The van der Waals surface area contributed by atoms with Gasteiger partial charge >= 0.3 is 0 Å². The normalized spacial score (nSPS) is 15.6. The second-order valence-corrected chi connectivity index (χ2v) is 5.44. The molecule has 1 heterocycles. The number of nitrogens with zero attached hydrogens (tertiary/aromatic N) is 1. The van der Waals surface area contributed by atoms with E-state index < -0.39 is 11.6 Å². The fraction of sp³-hybridized carbons (Fsp3) is 0.538. The third-order valence-corrected chi connectivity index (χ3v) is 3.66. The van der Waals surface area contributed by atoms with Crippen molar-refractivity contribution in [3.05, 3.63) is 23.8 Å². The molecule has 0 bridgehead atoms. The van der Waals surface area contributed by atoms with Gasteiger partial charge in [0, 0.05) is 38.3 Å². The molecule has 0 aliphatic carbocycles. The fourth-order valence-electron chi connectivity index (χ4n) is 2.02. The summed E-state index contributed by atoms with van der Waals surface area (Å²) in [7, 11) is 0. The Morgan fingerprint density at radius 2 is 2.00 bits per heavy atom.